The zero-order chi connectivity index (χ0) is 13.4. The third-order valence-corrected chi connectivity index (χ3v) is 2.95. The van der Waals surface area contributed by atoms with Crippen LogP contribution >= 0.6 is 11.6 Å². The van der Waals surface area contributed by atoms with Crippen molar-refractivity contribution in [1.82, 2.24) is 4.57 Å². The molecule has 0 aliphatic heterocycles. The Morgan fingerprint density at radius 2 is 2.06 bits per heavy atom. The van der Waals surface area contributed by atoms with Crippen molar-refractivity contribution in [2.75, 3.05) is 7.11 Å². The van der Waals surface area contributed by atoms with E-state index in [1.54, 1.807) is 0 Å². The lowest BCUT2D eigenvalue weighted by atomic mass is 10.1. The summed E-state index contributed by atoms with van der Waals surface area (Å²) in [6.45, 7) is 0. The maximum absolute atomic E-state index is 12.0. The van der Waals surface area contributed by atoms with Crippen molar-refractivity contribution < 1.29 is 14.6 Å². The van der Waals surface area contributed by atoms with E-state index < -0.39 is 17.4 Å². The largest absolute Gasteiger partial charge is 0.494 e. The summed E-state index contributed by atoms with van der Waals surface area (Å²) in [5.74, 6) is -1.14. The van der Waals surface area contributed by atoms with Crippen LogP contribution in [-0.2, 0) is 11.8 Å². The van der Waals surface area contributed by atoms with Gasteiger partial charge >= 0.3 is 5.97 Å². The Morgan fingerprint density at radius 1 is 1.39 bits per heavy atom. The average Bonchev–Trinajstić information content (AvgIpc) is 2.37. The average molecular weight is 268 g/mol. The van der Waals surface area contributed by atoms with Crippen LogP contribution < -0.4 is 5.56 Å². The molecule has 0 atom stereocenters. The van der Waals surface area contributed by atoms with Crippen LogP contribution in [0.3, 0.4) is 0 Å². The second-order valence-electron chi connectivity index (χ2n) is 3.74. The molecule has 0 saturated carbocycles. The Kier molecular flexibility index (Phi) is 3.00. The first-order valence-electron chi connectivity index (χ1n) is 5.07. The summed E-state index contributed by atoms with van der Waals surface area (Å²) in [4.78, 5) is 23.6. The van der Waals surface area contributed by atoms with Crippen molar-refractivity contribution in [1.29, 1.82) is 0 Å². The van der Waals surface area contributed by atoms with Crippen molar-refractivity contribution in [2.24, 2.45) is 7.05 Å². The van der Waals surface area contributed by atoms with Crippen LogP contribution in [0.2, 0.25) is 5.02 Å². The number of benzene rings is 1. The molecule has 2 rings (SSSR count). The number of carbonyl (C=O) groups excluding carboxylic acids is 1. The first-order valence-corrected chi connectivity index (χ1v) is 5.44. The SMILES string of the molecule is COC(=O)c1c(O)n(C)c(=O)c2cc(Cl)ccc12. The molecular weight excluding hydrogens is 258 g/mol. The zero-order valence-electron chi connectivity index (χ0n) is 9.73. The van der Waals surface area contributed by atoms with Gasteiger partial charge in [0.05, 0.1) is 7.11 Å². The van der Waals surface area contributed by atoms with Gasteiger partial charge in [0, 0.05) is 22.8 Å². The van der Waals surface area contributed by atoms with Crippen molar-refractivity contribution in [2.45, 2.75) is 0 Å². The molecule has 0 aliphatic carbocycles. The van der Waals surface area contributed by atoms with Gasteiger partial charge in [-0.1, -0.05) is 17.7 Å². The summed E-state index contributed by atoms with van der Waals surface area (Å²) >= 11 is 5.82. The van der Waals surface area contributed by atoms with E-state index in [2.05, 4.69) is 4.74 Å². The summed E-state index contributed by atoms with van der Waals surface area (Å²) in [5, 5.41) is 10.8. The van der Waals surface area contributed by atoms with Crippen molar-refractivity contribution in [3.63, 3.8) is 0 Å². The van der Waals surface area contributed by atoms with Gasteiger partial charge in [-0.2, -0.15) is 0 Å². The van der Waals surface area contributed by atoms with Crippen molar-refractivity contribution in [3.8, 4) is 5.88 Å². The molecule has 0 saturated heterocycles. The predicted molar refractivity (Wildman–Crippen MR) is 67.2 cm³/mol. The standard InChI is InChI=1S/C12H10ClNO4/c1-14-10(15)8-5-6(13)3-4-7(8)9(11(14)16)12(17)18-2/h3-5,16H,1-2H3. The number of aromatic nitrogens is 1. The number of ether oxygens (including phenoxy) is 1. The molecule has 0 fully saturated rings. The monoisotopic (exact) mass is 267 g/mol. The van der Waals surface area contributed by atoms with Crippen molar-refractivity contribution in [3.05, 3.63) is 39.1 Å². The molecule has 1 aromatic carbocycles. The minimum atomic E-state index is -0.713. The van der Waals surface area contributed by atoms with E-state index in [4.69, 9.17) is 11.6 Å². The number of rotatable bonds is 1. The van der Waals surface area contributed by atoms with Gasteiger partial charge < -0.3 is 9.84 Å². The number of hydrogen-bond donors (Lipinski definition) is 1. The van der Waals surface area contributed by atoms with Crippen LogP contribution in [0.15, 0.2) is 23.0 Å². The van der Waals surface area contributed by atoms with E-state index in [-0.39, 0.29) is 10.9 Å². The topological polar surface area (TPSA) is 68.5 Å². The number of esters is 1. The van der Waals surface area contributed by atoms with Crippen LogP contribution in [0.4, 0.5) is 0 Å². The molecule has 2 aromatic rings. The highest BCUT2D eigenvalue weighted by Gasteiger charge is 2.20. The molecule has 1 aromatic heterocycles. The summed E-state index contributed by atoms with van der Waals surface area (Å²) in [5.41, 5.74) is -0.482. The molecule has 0 bridgehead atoms. The maximum Gasteiger partial charge on any atom is 0.343 e. The number of hydrogen-bond acceptors (Lipinski definition) is 4. The molecule has 94 valence electrons. The van der Waals surface area contributed by atoms with Crippen LogP contribution in [0.25, 0.3) is 10.8 Å². The number of nitrogens with zero attached hydrogens (tertiary/aromatic N) is 1. The Hall–Kier alpha value is -2.01. The van der Waals surface area contributed by atoms with Gasteiger partial charge in [0.15, 0.2) is 0 Å². The third kappa shape index (κ3) is 1.73. The van der Waals surface area contributed by atoms with Crippen LogP contribution in [0.5, 0.6) is 5.88 Å². The lowest BCUT2D eigenvalue weighted by molar-refractivity contribution is 0.0598. The van der Waals surface area contributed by atoms with Crippen LogP contribution in [0.1, 0.15) is 10.4 Å². The molecular formula is C12H10ClNO4. The smallest absolute Gasteiger partial charge is 0.343 e. The van der Waals surface area contributed by atoms with Gasteiger partial charge in [-0.3, -0.25) is 9.36 Å². The third-order valence-electron chi connectivity index (χ3n) is 2.72. The lowest BCUT2D eigenvalue weighted by Gasteiger charge is -2.11. The highest BCUT2D eigenvalue weighted by Crippen LogP contribution is 2.26. The fraction of sp³-hybridized carbons (Fsp3) is 0.167. The van der Waals surface area contributed by atoms with Gasteiger partial charge in [0.2, 0.25) is 5.88 Å². The normalized spacial score (nSPS) is 10.6. The van der Waals surface area contributed by atoms with Crippen LogP contribution in [0, 0.1) is 0 Å². The molecule has 0 amide bonds. The lowest BCUT2D eigenvalue weighted by Crippen LogP contribution is -2.20. The summed E-state index contributed by atoms with van der Waals surface area (Å²) in [6.07, 6.45) is 0. The minimum absolute atomic E-state index is 0.0498. The second-order valence-corrected chi connectivity index (χ2v) is 4.18. The highest BCUT2D eigenvalue weighted by atomic mass is 35.5. The first-order chi connectivity index (χ1) is 8.47. The van der Waals surface area contributed by atoms with Gasteiger partial charge in [0.1, 0.15) is 5.56 Å². The van der Waals surface area contributed by atoms with E-state index in [9.17, 15) is 14.7 Å². The fourth-order valence-corrected chi connectivity index (χ4v) is 1.95. The van der Waals surface area contributed by atoms with Crippen molar-refractivity contribution >= 4 is 28.3 Å². The number of halogens is 1. The van der Waals surface area contributed by atoms with Crippen LogP contribution in [-0.4, -0.2) is 22.8 Å². The van der Waals surface area contributed by atoms with E-state index >= 15 is 0 Å². The van der Waals surface area contributed by atoms with E-state index in [0.717, 1.165) is 4.57 Å². The minimum Gasteiger partial charge on any atom is -0.494 e. The molecule has 1 heterocycles. The Morgan fingerprint density at radius 3 is 2.67 bits per heavy atom. The highest BCUT2D eigenvalue weighted by molar-refractivity contribution is 6.31. The van der Waals surface area contributed by atoms with Gasteiger partial charge in [-0.05, 0) is 12.1 Å². The summed E-state index contributed by atoms with van der Waals surface area (Å²) in [7, 11) is 2.57. The number of methoxy groups -OCH3 is 1. The quantitative estimate of drug-likeness (QED) is 0.798. The summed E-state index contributed by atoms with van der Waals surface area (Å²) in [6, 6.07) is 4.49. The van der Waals surface area contributed by atoms with Gasteiger partial charge in [-0.15, -0.1) is 0 Å². The number of aromatic hydroxyl groups is 1. The maximum atomic E-state index is 12.0. The number of fused-ring (bicyclic) bond motifs is 1. The van der Waals surface area contributed by atoms with E-state index in [1.165, 1.54) is 32.4 Å². The second kappa shape index (κ2) is 4.34. The Labute approximate surface area is 107 Å². The first kappa shape index (κ1) is 12.4. The molecule has 5 nitrogen and oxygen atoms in total. The molecule has 0 spiro atoms. The zero-order valence-corrected chi connectivity index (χ0v) is 10.5. The fourth-order valence-electron chi connectivity index (χ4n) is 1.78. The molecule has 0 unspecified atom stereocenters. The number of carbonyl (C=O) groups is 1. The molecule has 18 heavy (non-hydrogen) atoms. The summed E-state index contributed by atoms with van der Waals surface area (Å²) < 4.78 is 5.58. The predicted octanol–water partition coefficient (Wildman–Crippen LogP) is 1.68. The van der Waals surface area contributed by atoms with E-state index in [0.29, 0.717) is 10.4 Å². The van der Waals surface area contributed by atoms with Gasteiger partial charge in [-0.25, -0.2) is 4.79 Å². The Bertz CT molecular complexity index is 705. The molecule has 1 N–H and O–H groups in total. The number of pyridine rings is 1. The van der Waals surface area contributed by atoms with E-state index in [1.807, 2.05) is 0 Å². The Balaban J connectivity index is 3.02. The molecule has 0 aliphatic rings. The molecule has 0 radical (unpaired) electrons. The molecule has 6 heteroatoms. The van der Waals surface area contributed by atoms with Gasteiger partial charge in [0.25, 0.3) is 5.56 Å².